The molecule has 0 aliphatic carbocycles. The molecule has 0 saturated heterocycles. The van der Waals surface area contributed by atoms with Crippen molar-refractivity contribution < 1.29 is 5.11 Å². The minimum atomic E-state index is -0.0494. The van der Waals surface area contributed by atoms with E-state index in [1.807, 2.05) is 0 Å². The van der Waals surface area contributed by atoms with Gasteiger partial charge in [0.1, 0.15) is 0 Å². The second-order valence-electron chi connectivity index (χ2n) is 6.05. The van der Waals surface area contributed by atoms with Gasteiger partial charge in [0.05, 0.1) is 6.10 Å². The van der Waals surface area contributed by atoms with Gasteiger partial charge in [-0.1, -0.05) is 85.0 Å². The van der Waals surface area contributed by atoms with Gasteiger partial charge in [-0.25, -0.2) is 0 Å². The molecule has 1 nitrogen and oxygen atoms in total. The Morgan fingerprint density at radius 3 is 1.83 bits per heavy atom. The summed E-state index contributed by atoms with van der Waals surface area (Å²) in [6, 6.07) is 0. The molecule has 0 aliphatic heterocycles. The van der Waals surface area contributed by atoms with Crippen LogP contribution in [0.1, 0.15) is 97.8 Å². The number of aliphatic hydroxyl groups excluding tert-OH is 1. The van der Waals surface area contributed by atoms with E-state index < -0.39 is 0 Å². The zero-order valence-corrected chi connectivity index (χ0v) is 13.1. The van der Waals surface area contributed by atoms with Crippen LogP contribution in [-0.2, 0) is 0 Å². The molecule has 0 spiro atoms. The van der Waals surface area contributed by atoms with Gasteiger partial charge in [-0.3, -0.25) is 0 Å². The van der Waals surface area contributed by atoms with Crippen LogP contribution in [-0.4, -0.2) is 11.2 Å². The molecule has 1 heteroatoms. The van der Waals surface area contributed by atoms with Crippen molar-refractivity contribution in [2.45, 2.75) is 104 Å². The van der Waals surface area contributed by atoms with E-state index in [0.29, 0.717) is 5.92 Å². The van der Waals surface area contributed by atoms with Gasteiger partial charge in [0, 0.05) is 0 Å². The van der Waals surface area contributed by atoms with Crippen LogP contribution in [0, 0.1) is 5.92 Å². The second kappa shape index (κ2) is 13.4. The molecule has 0 heterocycles. The Hall–Kier alpha value is -0.0400. The third-order valence-corrected chi connectivity index (χ3v) is 3.85. The van der Waals surface area contributed by atoms with Crippen LogP contribution in [0.25, 0.3) is 0 Å². The summed E-state index contributed by atoms with van der Waals surface area (Å²) in [5.41, 5.74) is 0. The fraction of sp³-hybridized carbons (Fsp3) is 1.00. The van der Waals surface area contributed by atoms with Crippen molar-refractivity contribution >= 4 is 0 Å². The quantitative estimate of drug-likeness (QED) is 0.419. The van der Waals surface area contributed by atoms with Crippen molar-refractivity contribution in [2.24, 2.45) is 5.92 Å². The normalized spacial score (nSPS) is 14.7. The highest BCUT2D eigenvalue weighted by Gasteiger charge is 2.09. The molecular formula is C17H36O. The average Bonchev–Trinajstić information content (AvgIpc) is 2.32. The molecule has 18 heavy (non-hydrogen) atoms. The van der Waals surface area contributed by atoms with Gasteiger partial charge in [0.2, 0.25) is 0 Å². The first kappa shape index (κ1) is 18.0. The topological polar surface area (TPSA) is 20.2 Å². The van der Waals surface area contributed by atoms with Crippen LogP contribution in [0.15, 0.2) is 0 Å². The average molecular weight is 256 g/mol. The second-order valence-corrected chi connectivity index (χ2v) is 6.05. The van der Waals surface area contributed by atoms with Crippen LogP contribution < -0.4 is 0 Å². The summed E-state index contributed by atoms with van der Waals surface area (Å²) in [7, 11) is 0. The van der Waals surface area contributed by atoms with Gasteiger partial charge in [0.25, 0.3) is 0 Å². The number of unbranched alkanes of at least 4 members (excludes halogenated alkanes) is 7. The van der Waals surface area contributed by atoms with Gasteiger partial charge in [-0.15, -0.1) is 0 Å². The molecule has 0 amide bonds. The predicted molar refractivity (Wildman–Crippen MR) is 81.9 cm³/mol. The maximum absolute atomic E-state index is 9.92. The summed E-state index contributed by atoms with van der Waals surface area (Å²) in [6.45, 7) is 6.75. The molecule has 2 atom stereocenters. The molecule has 0 aromatic carbocycles. The number of aliphatic hydroxyl groups is 1. The lowest BCUT2D eigenvalue weighted by Gasteiger charge is -2.15. The molecule has 0 rings (SSSR count). The van der Waals surface area contributed by atoms with Crippen LogP contribution in [0.4, 0.5) is 0 Å². The fourth-order valence-electron chi connectivity index (χ4n) is 2.71. The molecule has 0 aliphatic rings. The standard InChI is InChI=1S/C17H36O/c1-4-6-7-8-9-10-11-12-14-17(18)15-16(3)13-5-2/h16-18H,4-15H2,1-3H3. The lowest BCUT2D eigenvalue weighted by Crippen LogP contribution is -2.11. The zero-order chi connectivity index (χ0) is 13.6. The monoisotopic (exact) mass is 256 g/mol. The summed E-state index contributed by atoms with van der Waals surface area (Å²) in [6.07, 6.45) is 15.3. The van der Waals surface area contributed by atoms with E-state index in [9.17, 15) is 5.11 Å². The molecule has 0 aromatic heterocycles. The van der Waals surface area contributed by atoms with E-state index in [-0.39, 0.29) is 6.10 Å². The van der Waals surface area contributed by atoms with E-state index in [1.165, 1.54) is 64.2 Å². The van der Waals surface area contributed by atoms with E-state index >= 15 is 0 Å². The Balaban J connectivity index is 3.22. The fourth-order valence-corrected chi connectivity index (χ4v) is 2.71. The molecule has 2 unspecified atom stereocenters. The third-order valence-electron chi connectivity index (χ3n) is 3.85. The van der Waals surface area contributed by atoms with Crippen molar-refractivity contribution in [1.82, 2.24) is 0 Å². The Kier molecular flexibility index (Phi) is 13.4. The predicted octanol–water partition coefficient (Wildman–Crippen LogP) is 5.70. The summed E-state index contributed by atoms with van der Waals surface area (Å²) >= 11 is 0. The maximum Gasteiger partial charge on any atom is 0.0542 e. The zero-order valence-electron chi connectivity index (χ0n) is 13.1. The Morgan fingerprint density at radius 1 is 0.722 bits per heavy atom. The van der Waals surface area contributed by atoms with Crippen LogP contribution in [0.3, 0.4) is 0 Å². The van der Waals surface area contributed by atoms with Crippen LogP contribution in [0.2, 0.25) is 0 Å². The molecule has 0 bridgehead atoms. The van der Waals surface area contributed by atoms with Gasteiger partial charge < -0.3 is 5.11 Å². The van der Waals surface area contributed by atoms with Crippen molar-refractivity contribution in [1.29, 1.82) is 0 Å². The Bertz CT molecular complexity index is 156. The van der Waals surface area contributed by atoms with Crippen molar-refractivity contribution in [2.75, 3.05) is 0 Å². The lowest BCUT2D eigenvalue weighted by molar-refractivity contribution is 0.131. The third kappa shape index (κ3) is 12.4. The van der Waals surface area contributed by atoms with E-state index in [2.05, 4.69) is 20.8 Å². The van der Waals surface area contributed by atoms with Crippen LogP contribution >= 0.6 is 0 Å². The molecule has 110 valence electrons. The number of rotatable bonds is 13. The lowest BCUT2D eigenvalue weighted by atomic mass is 9.96. The van der Waals surface area contributed by atoms with E-state index in [1.54, 1.807) is 0 Å². The van der Waals surface area contributed by atoms with E-state index in [0.717, 1.165) is 12.8 Å². The van der Waals surface area contributed by atoms with Crippen LogP contribution in [0.5, 0.6) is 0 Å². The Morgan fingerprint density at radius 2 is 1.28 bits per heavy atom. The number of hydrogen-bond acceptors (Lipinski definition) is 1. The first-order valence-electron chi connectivity index (χ1n) is 8.38. The molecule has 0 fully saturated rings. The maximum atomic E-state index is 9.92. The van der Waals surface area contributed by atoms with Gasteiger partial charge in [-0.2, -0.15) is 0 Å². The minimum Gasteiger partial charge on any atom is -0.393 e. The molecule has 0 aromatic rings. The number of hydrogen-bond donors (Lipinski definition) is 1. The summed E-state index contributed by atoms with van der Waals surface area (Å²) < 4.78 is 0. The summed E-state index contributed by atoms with van der Waals surface area (Å²) in [5, 5.41) is 9.92. The summed E-state index contributed by atoms with van der Waals surface area (Å²) in [5.74, 6) is 0.694. The summed E-state index contributed by atoms with van der Waals surface area (Å²) in [4.78, 5) is 0. The Labute approximate surface area is 115 Å². The highest BCUT2D eigenvalue weighted by Crippen LogP contribution is 2.17. The van der Waals surface area contributed by atoms with E-state index in [4.69, 9.17) is 0 Å². The van der Waals surface area contributed by atoms with Gasteiger partial charge in [0.15, 0.2) is 0 Å². The smallest absolute Gasteiger partial charge is 0.0542 e. The van der Waals surface area contributed by atoms with Crippen molar-refractivity contribution in [3.8, 4) is 0 Å². The molecular weight excluding hydrogens is 220 g/mol. The van der Waals surface area contributed by atoms with Crippen molar-refractivity contribution in [3.05, 3.63) is 0 Å². The largest absolute Gasteiger partial charge is 0.393 e. The first-order chi connectivity index (χ1) is 8.70. The SMILES string of the molecule is CCCCCCCCCCC(O)CC(C)CCC. The van der Waals surface area contributed by atoms with Crippen molar-refractivity contribution in [3.63, 3.8) is 0 Å². The molecule has 1 N–H and O–H groups in total. The molecule has 0 radical (unpaired) electrons. The highest BCUT2D eigenvalue weighted by molar-refractivity contribution is 4.61. The molecule has 0 saturated carbocycles. The van der Waals surface area contributed by atoms with Gasteiger partial charge >= 0.3 is 0 Å². The first-order valence-corrected chi connectivity index (χ1v) is 8.38. The minimum absolute atomic E-state index is 0.0494. The van der Waals surface area contributed by atoms with Gasteiger partial charge in [-0.05, 0) is 18.8 Å². The highest BCUT2D eigenvalue weighted by atomic mass is 16.3.